The first kappa shape index (κ1) is 22.6. The largest absolute Gasteiger partial charge is 0.373 e. The number of pyridine rings is 2. The van der Waals surface area contributed by atoms with Crippen LogP contribution in [0.4, 0.5) is 4.39 Å². The highest BCUT2D eigenvalue weighted by Gasteiger charge is 2.28. The van der Waals surface area contributed by atoms with Crippen molar-refractivity contribution >= 4 is 22.5 Å². The number of benzene rings is 1. The topological polar surface area (TPSA) is 69.9 Å². The summed E-state index contributed by atoms with van der Waals surface area (Å²) in [7, 11) is 1.65. The van der Waals surface area contributed by atoms with Crippen molar-refractivity contribution < 1.29 is 9.13 Å². The predicted octanol–water partition coefficient (Wildman–Crippen LogP) is 5.44. The highest BCUT2D eigenvalue weighted by atomic mass is 35.5. The van der Waals surface area contributed by atoms with Gasteiger partial charge in [0.25, 0.3) is 5.56 Å². The molecular weight excluding hydrogens is 455 g/mol. The van der Waals surface area contributed by atoms with Gasteiger partial charge in [-0.05, 0) is 68.7 Å². The lowest BCUT2D eigenvalue weighted by Gasteiger charge is -2.30. The van der Waals surface area contributed by atoms with E-state index >= 15 is 0 Å². The second kappa shape index (κ2) is 8.89. The van der Waals surface area contributed by atoms with Crippen LogP contribution in [0, 0.1) is 19.7 Å². The van der Waals surface area contributed by atoms with E-state index < -0.39 is 5.82 Å². The predicted molar refractivity (Wildman–Crippen MR) is 130 cm³/mol. The van der Waals surface area contributed by atoms with E-state index in [9.17, 15) is 9.18 Å². The lowest BCUT2D eigenvalue weighted by atomic mass is 9.88. The molecule has 0 amide bonds. The maximum atomic E-state index is 15.0. The smallest absolute Gasteiger partial charge is 0.263 e. The number of hydrogen-bond acceptors (Lipinski definition) is 5. The first-order valence-corrected chi connectivity index (χ1v) is 11.6. The van der Waals surface area contributed by atoms with Gasteiger partial charge in [-0.3, -0.25) is 19.3 Å². The summed E-state index contributed by atoms with van der Waals surface area (Å²) in [5.41, 5.74) is 3.55. The SMILES string of the molecule is Cc1cc([C@H]2C[C@@H](c3cc4nc(C)n(C)c(=O)c4c(-c4ccc(Cl)cc4F)n3)CCO2)ccn1. The van der Waals surface area contributed by atoms with Gasteiger partial charge < -0.3 is 4.74 Å². The minimum atomic E-state index is -0.529. The van der Waals surface area contributed by atoms with Gasteiger partial charge in [0.05, 0.1) is 22.7 Å². The maximum Gasteiger partial charge on any atom is 0.263 e. The van der Waals surface area contributed by atoms with E-state index in [1.165, 1.54) is 10.6 Å². The maximum absolute atomic E-state index is 15.0. The number of ether oxygens (including phenoxy) is 1. The Morgan fingerprint density at radius 2 is 1.97 bits per heavy atom. The van der Waals surface area contributed by atoms with Crippen molar-refractivity contribution in [3.05, 3.63) is 86.6 Å². The Morgan fingerprint density at radius 1 is 1.15 bits per heavy atom. The summed E-state index contributed by atoms with van der Waals surface area (Å²) in [4.78, 5) is 27.0. The molecule has 8 heteroatoms. The van der Waals surface area contributed by atoms with Gasteiger partial charge in [0.2, 0.25) is 0 Å². The summed E-state index contributed by atoms with van der Waals surface area (Å²) in [6, 6.07) is 10.3. The molecule has 34 heavy (non-hydrogen) atoms. The minimum absolute atomic E-state index is 0.0666. The van der Waals surface area contributed by atoms with Crippen molar-refractivity contribution in [2.45, 2.75) is 38.7 Å². The molecule has 2 atom stereocenters. The molecule has 1 saturated heterocycles. The average molecular weight is 479 g/mol. The van der Waals surface area contributed by atoms with Gasteiger partial charge in [-0.2, -0.15) is 0 Å². The molecule has 0 spiro atoms. The molecule has 5 rings (SSSR count). The second-order valence-electron chi connectivity index (χ2n) is 8.75. The zero-order chi connectivity index (χ0) is 24.0. The molecule has 0 aliphatic carbocycles. The molecule has 4 heterocycles. The van der Waals surface area contributed by atoms with Crippen LogP contribution in [-0.2, 0) is 11.8 Å². The number of aryl methyl sites for hydroxylation is 2. The van der Waals surface area contributed by atoms with Gasteiger partial charge in [0.1, 0.15) is 11.6 Å². The lowest BCUT2D eigenvalue weighted by molar-refractivity contribution is 0.00460. The molecule has 0 N–H and O–H groups in total. The number of aromatic nitrogens is 4. The summed E-state index contributed by atoms with van der Waals surface area (Å²) in [6.07, 6.45) is 3.18. The molecule has 6 nitrogen and oxygen atoms in total. The Kier molecular flexibility index (Phi) is 5.91. The summed E-state index contributed by atoms with van der Waals surface area (Å²) in [5, 5.41) is 0.579. The molecule has 3 aromatic heterocycles. The van der Waals surface area contributed by atoms with Crippen LogP contribution in [0.5, 0.6) is 0 Å². The zero-order valence-electron chi connectivity index (χ0n) is 19.2. The van der Waals surface area contributed by atoms with Crippen molar-refractivity contribution in [2.24, 2.45) is 7.05 Å². The van der Waals surface area contributed by atoms with Crippen LogP contribution in [0.1, 0.15) is 47.6 Å². The van der Waals surface area contributed by atoms with Crippen molar-refractivity contribution in [3.63, 3.8) is 0 Å². The van der Waals surface area contributed by atoms with E-state index in [0.29, 0.717) is 29.8 Å². The molecule has 0 unspecified atom stereocenters. The van der Waals surface area contributed by atoms with Gasteiger partial charge in [0, 0.05) is 47.7 Å². The van der Waals surface area contributed by atoms with Crippen molar-refractivity contribution in [2.75, 3.05) is 6.61 Å². The Bertz CT molecular complexity index is 1470. The Morgan fingerprint density at radius 3 is 2.74 bits per heavy atom. The van der Waals surface area contributed by atoms with Crippen LogP contribution in [0.2, 0.25) is 5.02 Å². The molecule has 1 fully saturated rings. The fourth-order valence-electron chi connectivity index (χ4n) is 4.56. The lowest BCUT2D eigenvalue weighted by Crippen LogP contribution is -2.23. The molecule has 1 aliphatic rings. The normalized spacial score (nSPS) is 18.4. The van der Waals surface area contributed by atoms with Gasteiger partial charge in [0.15, 0.2) is 0 Å². The number of rotatable bonds is 3. The summed E-state index contributed by atoms with van der Waals surface area (Å²) in [5.74, 6) is 0.115. The van der Waals surface area contributed by atoms with Crippen molar-refractivity contribution in [3.8, 4) is 11.3 Å². The average Bonchev–Trinajstić information content (AvgIpc) is 2.82. The Hall–Kier alpha value is -3.16. The molecule has 0 bridgehead atoms. The summed E-state index contributed by atoms with van der Waals surface area (Å²) < 4.78 is 22.5. The fourth-order valence-corrected chi connectivity index (χ4v) is 4.72. The van der Waals surface area contributed by atoms with Crippen LogP contribution in [0.15, 0.2) is 47.4 Å². The molecule has 174 valence electrons. The number of hydrogen-bond donors (Lipinski definition) is 0. The number of halogens is 2. The van der Waals surface area contributed by atoms with Crippen LogP contribution in [-0.4, -0.2) is 26.1 Å². The third-order valence-corrected chi connectivity index (χ3v) is 6.72. The quantitative estimate of drug-likeness (QED) is 0.392. The van der Waals surface area contributed by atoms with E-state index in [4.69, 9.17) is 21.3 Å². The molecular formula is C26H24ClFN4O2. The van der Waals surface area contributed by atoms with E-state index in [1.807, 2.05) is 25.1 Å². The molecule has 1 aliphatic heterocycles. The van der Waals surface area contributed by atoms with Gasteiger partial charge >= 0.3 is 0 Å². The molecule has 4 aromatic rings. The van der Waals surface area contributed by atoms with E-state index in [0.717, 1.165) is 23.4 Å². The highest BCUT2D eigenvalue weighted by Crippen LogP contribution is 2.39. The molecule has 0 radical (unpaired) electrons. The fraction of sp³-hybridized carbons (Fsp3) is 0.308. The summed E-state index contributed by atoms with van der Waals surface area (Å²) in [6.45, 7) is 4.31. The van der Waals surface area contributed by atoms with Gasteiger partial charge in [-0.1, -0.05) is 11.6 Å². The van der Waals surface area contributed by atoms with Crippen molar-refractivity contribution in [1.29, 1.82) is 0 Å². The van der Waals surface area contributed by atoms with Gasteiger partial charge in [-0.25, -0.2) is 9.37 Å². The monoisotopic (exact) mass is 478 g/mol. The number of nitrogens with zero attached hydrogens (tertiary/aromatic N) is 4. The van der Waals surface area contributed by atoms with E-state index in [2.05, 4.69) is 9.97 Å². The van der Waals surface area contributed by atoms with Gasteiger partial charge in [-0.15, -0.1) is 0 Å². The van der Waals surface area contributed by atoms with Crippen LogP contribution >= 0.6 is 11.6 Å². The van der Waals surface area contributed by atoms with E-state index in [-0.39, 0.29) is 33.9 Å². The minimum Gasteiger partial charge on any atom is -0.373 e. The third kappa shape index (κ3) is 4.10. The van der Waals surface area contributed by atoms with Crippen LogP contribution in [0.25, 0.3) is 22.2 Å². The standard InChI is InChI=1S/C26H24ClFN4O2/c1-14-10-17(6-8-29-14)23-11-16(7-9-34-23)21-13-22-24(26(33)32(3)15(2)30-22)25(31-21)19-5-4-18(27)12-20(19)28/h4-6,8,10,12-13,16,23H,7,9,11H2,1-3H3/t16-,23+/m0/s1. The van der Waals surface area contributed by atoms with Crippen molar-refractivity contribution in [1.82, 2.24) is 19.5 Å². The summed E-state index contributed by atoms with van der Waals surface area (Å²) >= 11 is 5.98. The second-order valence-corrected chi connectivity index (χ2v) is 9.18. The highest BCUT2D eigenvalue weighted by molar-refractivity contribution is 6.30. The first-order chi connectivity index (χ1) is 16.3. The zero-order valence-corrected chi connectivity index (χ0v) is 19.9. The Balaban J connectivity index is 1.66. The third-order valence-electron chi connectivity index (χ3n) is 6.49. The van der Waals surface area contributed by atoms with Crippen LogP contribution < -0.4 is 5.56 Å². The number of fused-ring (bicyclic) bond motifs is 1. The van der Waals surface area contributed by atoms with E-state index in [1.54, 1.807) is 32.3 Å². The molecule has 1 aromatic carbocycles. The molecule has 0 saturated carbocycles. The first-order valence-electron chi connectivity index (χ1n) is 11.2. The Labute approximate surface area is 201 Å². The van der Waals surface area contributed by atoms with Crippen LogP contribution in [0.3, 0.4) is 0 Å².